The van der Waals surface area contributed by atoms with Crippen LogP contribution in [0.3, 0.4) is 0 Å². The predicted octanol–water partition coefficient (Wildman–Crippen LogP) is 2.98. The van der Waals surface area contributed by atoms with Gasteiger partial charge in [0.15, 0.2) is 0 Å². The SMILES string of the molecule is CN1CCN(C(=O)OCc2ccccc2)c2cc(C(=O)O)ccc21. The van der Waals surface area contributed by atoms with Crippen LogP contribution in [0.1, 0.15) is 15.9 Å². The minimum absolute atomic E-state index is 0.143. The third kappa shape index (κ3) is 3.17. The van der Waals surface area contributed by atoms with Crippen molar-refractivity contribution in [2.24, 2.45) is 0 Å². The first-order valence-electron chi connectivity index (χ1n) is 7.63. The highest BCUT2D eigenvalue weighted by molar-refractivity contribution is 5.97. The first kappa shape index (κ1) is 15.9. The Hall–Kier alpha value is -3.02. The lowest BCUT2D eigenvalue weighted by molar-refractivity contribution is 0.0696. The lowest BCUT2D eigenvalue weighted by atomic mass is 10.1. The van der Waals surface area contributed by atoms with Crippen LogP contribution in [0.15, 0.2) is 48.5 Å². The van der Waals surface area contributed by atoms with Crippen LogP contribution in [0.4, 0.5) is 16.2 Å². The van der Waals surface area contributed by atoms with Gasteiger partial charge in [-0.3, -0.25) is 4.90 Å². The second-order valence-corrected chi connectivity index (χ2v) is 5.62. The number of hydrogen-bond acceptors (Lipinski definition) is 4. The van der Waals surface area contributed by atoms with Gasteiger partial charge in [0.05, 0.1) is 16.9 Å². The Morgan fingerprint density at radius 3 is 2.54 bits per heavy atom. The molecule has 1 heterocycles. The summed E-state index contributed by atoms with van der Waals surface area (Å²) >= 11 is 0. The number of carbonyl (C=O) groups is 2. The van der Waals surface area contributed by atoms with E-state index < -0.39 is 12.1 Å². The molecule has 3 rings (SSSR count). The molecule has 1 amide bonds. The number of aromatic carboxylic acids is 1. The van der Waals surface area contributed by atoms with E-state index in [1.54, 1.807) is 6.07 Å². The Balaban J connectivity index is 1.81. The maximum atomic E-state index is 12.5. The number of benzene rings is 2. The van der Waals surface area contributed by atoms with Crippen LogP contribution in [0, 0.1) is 0 Å². The molecule has 0 spiro atoms. The first-order chi connectivity index (χ1) is 11.6. The zero-order chi connectivity index (χ0) is 17.1. The molecule has 6 heteroatoms. The monoisotopic (exact) mass is 326 g/mol. The fraction of sp³-hybridized carbons (Fsp3) is 0.222. The molecular formula is C18H18N2O4. The summed E-state index contributed by atoms with van der Waals surface area (Å²) in [5.74, 6) is -1.02. The molecule has 0 unspecified atom stereocenters. The molecular weight excluding hydrogens is 308 g/mol. The van der Waals surface area contributed by atoms with Gasteiger partial charge in [-0.25, -0.2) is 9.59 Å². The zero-order valence-electron chi connectivity index (χ0n) is 13.3. The number of likely N-dealkylation sites (N-methyl/N-ethyl adjacent to an activating group) is 1. The highest BCUT2D eigenvalue weighted by Crippen LogP contribution is 2.33. The number of rotatable bonds is 3. The number of fused-ring (bicyclic) bond motifs is 1. The van der Waals surface area contributed by atoms with E-state index in [1.807, 2.05) is 42.3 Å². The van der Waals surface area contributed by atoms with Gasteiger partial charge in [0.25, 0.3) is 0 Å². The van der Waals surface area contributed by atoms with E-state index in [4.69, 9.17) is 4.74 Å². The Morgan fingerprint density at radius 1 is 1.08 bits per heavy atom. The van der Waals surface area contributed by atoms with Crippen LogP contribution in [0.25, 0.3) is 0 Å². The topological polar surface area (TPSA) is 70.1 Å². The summed E-state index contributed by atoms with van der Waals surface area (Å²) in [5.41, 5.74) is 2.41. The van der Waals surface area contributed by atoms with Gasteiger partial charge >= 0.3 is 12.1 Å². The van der Waals surface area contributed by atoms with Crippen molar-refractivity contribution in [3.05, 3.63) is 59.7 Å². The summed E-state index contributed by atoms with van der Waals surface area (Å²) in [6.45, 7) is 1.28. The van der Waals surface area contributed by atoms with Crippen LogP contribution < -0.4 is 9.80 Å². The number of amides is 1. The van der Waals surface area contributed by atoms with Crippen LogP contribution in [0.5, 0.6) is 0 Å². The molecule has 2 aromatic carbocycles. The highest BCUT2D eigenvalue weighted by atomic mass is 16.6. The molecule has 0 fully saturated rings. The molecule has 24 heavy (non-hydrogen) atoms. The third-order valence-corrected chi connectivity index (χ3v) is 4.01. The van der Waals surface area contributed by atoms with Crippen molar-refractivity contribution in [1.82, 2.24) is 0 Å². The maximum absolute atomic E-state index is 12.5. The molecule has 0 radical (unpaired) electrons. The molecule has 124 valence electrons. The Morgan fingerprint density at radius 2 is 1.83 bits per heavy atom. The predicted molar refractivity (Wildman–Crippen MR) is 90.6 cm³/mol. The number of hydrogen-bond donors (Lipinski definition) is 1. The fourth-order valence-corrected chi connectivity index (χ4v) is 2.67. The lowest BCUT2D eigenvalue weighted by Crippen LogP contribution is -2.43. The summed E-state index contributed by atoms with van der Waals surface area (Å²) in [7, 11) is 1.91. The van der Waals surface area contributed by atoms with Crippen molar-refractivity contribution in [3.8, 4) is 0 Å². The molecule has 0 bridgehead atoms. The van der Waals surface area contributed by atoms with E-state index >= 15 is 0 Å². The summed E-state index contributed by atoms with van der Waals surface area (Å²) in [6, 6.07) is 14.2. The summed E-state index contributed by atoms with van der Waals surface area (Å²) in [4.78, 5) is 27.1. The number of anilines is 2. The molecule has 1 N–H and O–H groups in total. The fourth-order valence-electron chi connectivity index (χ4n) is 2.67. The first-order valence-corrected chi connectivity index (χ1v) is 7.63. The Bertz CT molecular complexity index is 761. The highest BCUT2D eigenvalue weighted by Gasteiger charge is 2.27. The minimum Gasteiger partial charge on any atom is -0.478 e. The van der Waals surface area contributed by atoms with E-state index in [0.29, 0.717) is 18.8 Å². The third-order valence-electron chi connectivity index (χ3n) is 4.01. The average Bonchev–Trinajstić information content (AvgIpc) is 2.60. The number of ether oxygens (including phenoxy) is 1. The number of carboxylic acid groups (broad SMARTS) is 1. The van der Waals surface area contributed by atoms with E-state index in [9.17, 15) is 14.7 Å². The van der Waals surface area contributed by atoms with Gasteiger partial charge in [0.1, 0.15) is 6.61 Å². The van der Waals surface area contributed by atoms with Gasteiger partial charge in [-0.2, -0.15) is 0 Å². The van der Waals surface area contributed by atoms with Crippen molar-refractivity contribution in [2.75, 3.05) is 29.9 Å². The largest absolute Gasteiger partial charge is 0.478 e. The average molecular weight is 326 g/mol. The summed E-state index contributed by atoms with van der Waals surface area (Å²) < 4.78 is 5.38. The van der Waals surface area contributed by atoms with Crippen LogP contribution in [-0.2, 0) is 11.3 Å². The van der Waals surface area contributed by atoms with E-state index in [2.05, 4.69) is 0 Å². The molecule has 0 aromatic heterocycles. The lowest BCUT2D eigenvalue weighted by Gasteiger charge is -2.35. The second kappa shape index (κ2) is 6.62. The van der Waals surface area contributed by atoms with Crippen LogP contribution >= 0.6 is 0 Å². The van der Waals surface area contributed by atoms with E-state index in [-0.39, 0.29) is 12.2 Å². The van der Waals surface area contributed by atoms with Crippen molar-refractivity contribution in [1.29, 1.82) is 0 Å². The second-order valence-electron chi connectivity index (χ2n) is 5.62. The molecule has 6 nitrogen and oxygen atoms in total. The molecule has 0 aliphatic carbocycles. The van der Waals surface area contributed by atoms with Crippen molar-refractivity contribution >= 4 is 23.4 Å². The summed E-state index contributed by atoms with van der Waals surface area (Å²) in [6.07, 6.45) is -0.476. The molecule has 2 aromatic rings. The van der Waals surface area contributed by atoms with Gasteiger partial charge in [-0.15, -0.1) is 0 Å². The molecule has 1 aliphatic rings. The standard InChI is InChI=1S/C18H18N2O4/c1-19-9-10-20(16-11-14(17(21)22)7-8-15(16)19)18(23)24-12-13-5-3-2-4-6-13/h2-8,11H,9-10,12H2,1H3,(H,21,22). The summed E-state index contributed by atoms with van der Waals surface area (Å²) in [5, 5.41) is 9.18. The molecule has 0 atom stereocenters. The Labute approximate surface area is 139 Å². The number of nitrogens with zero attached hydrogens (tertiary/aromatic N) is 2. The van der Waals surface area contributed by atoms with E-state index in [0.717, 1.165) is 11.3 Å². The van der Waals surface area contributed by atoms with Gasteiger partial charge in [0, 0.05) is 20.1 Å². The number of carbonyl (C=O) groups excluding carboxylic acids is 1. The molecule has 0 saturated heterocycles. The van der Waals surface area contributed by atoms with Crippen LogP contribution in [0.2, 0.25) is 0 Å². The molecule has 0 saturated carbocycles. The van der Waals surface area contributed by atoms with Gasteiger partial charge in [-0.05, 0) is 23.8 Å². The van der Waals surface area contributed by atoms with Crippen molar-refractivity contribution in [2.45, 2.75) is 6.61 Å². The quantitative estimate of drug-likeness (QED) is 0.939. The van der Waals surface area contributed by atoms with Gasteiger partial charge in [0.2, 0.25) is 0 Å². The minimum atomic E-state index is -1.02. The van der Waals surface area contributed by atoms with Crippen molar-refractivity contribution in [3.63, 3.8) is 0 Å². The zero-order valence-corrected chi connectivity index (χ0v) is 13.3. The smallest absolute Gasteiger partial charge is 0.414 e. The van der Waals surface area contributed by atoms with E-state index in [1.165, 1.54) is 17.0 Å². The van der Waals surface area contributed by atoms with Gasteiger partial charge < -0.3 is 14.7 Å². The maximum Gasteiger partial charge on any atom is 0.414 e. The normalized spacial score (nSPS) is 13.4. The van der Waals surface area contributed by atoms with Gasteiger partial charge in [-0.1, -0.05) is 30.3 Å². The van der Waals surface area contributed by atoms with Crippen molar-refractivity contribution < 1.29 is 19.4 Å². The number of carboxylic acids is 1. The van der Waals surface area contributed by atoms with Crippen LogP contribution in [-0.4, -0.2) is 37.3 Å². The molecule has 1 aliphatic heterocycles. The Kier molecular flexibility index (Phi) is 4.37.